The van der Waals surface area contributed by atoms with Crippen LogP contribution in [0.5, 0.6) is 5.75 Å². The van der Waals surface area contributed by atoms with E-state index in [4.69, 9.17) is 15.4 Å². The van der Waals surface area contributed by atoms with Crippen LogP contribution in [0.2, 0.25) is 0 Å². The minimum Gasteiger partial charge on any atom is -0.487 e. The summed E-state index contributed by atoms with van der Waals surface area (Å²) in [7, 11) is 0.846. The van der Waals surface area contributed by atoms with Crippen molar-refractivity contribution in [3.05, 3.63) is 27.8 Å². The third kappa shape index (κ3) is 2.96. The van der Waals surface area contributed by atoms with Crippen molar-refractivity contribution in [3.8, 4) is 5.75 Å². The average molecular weight is 294 g/mol. The number of hydrogen-bond acceptors (Lipinski definition) is 6. The number of rotatable bonds is 5. The molecule has 0 aromatic heterocycles. The normalized spacial score (nSPS) is 11.0. The van der Waals surface area contributed by atoms with Crippen LogP contribution >= 0.6 is 10.7 Å². The van der Waals surface area contributed by atoms with E-state index in [1.807, 2.05) is 0 Å². The van der Waals surface area contributed by atoms with Crippen LogP contribution in [-0.4, -0.2) is 26.2 Å². The molecule has 7 nitrogen and oxygen atoms in total. The molecule has 0 aliphatic rings. The monoisotopic (exact) mass is 293 g/mol. The molecule has 0 bridgehead atoms. The number of hydrogen-bond donors (Lipinski definition) is 0. The van der Waals surface area contributed by atoms with Crippen LogP contribution in [0.3, 0.4) is 0 Å². The van der Waals surface area contributed by atoms with E-state index in [9.17, 15) is 23.3 Å². The number of halogens is 1. The van der Waals surface area contributed by atoms with Crippen molar-refractivity contribution < 1.29 is 22.9 Å². The van der Waals surface area contributed by atoms with Crippen molar-refractivity contribution in [2.75, 3.05) is 6.61 Å². The lowest BCUT2D eigenvalue weighted by Gasteiger charge is -2.07. The van der Waals surface area contributed by atoms with Crippen molar-refractivity contribution in [2.24, 2.45) is 0 Å². The highest BCUT2D eigenvalue weighted by atomic mass is 35.7. The Bertz CT molecular complexity index is 597. The van der Waals surface area contributed by atoms with Crippen molar-refractivity contribution in [1.29, 1.82) is 0 Å². The van der Waals surface area contributed by atoms with Crippen LogP contribution in [0.4, 0.5) is 5.69 Å². The molecule has 0 aliphatic carbocycles. The Morgan fingerprint density at radius 1 is 1.50 bits per heavy atom. The van der Waals surface area contributed by atoms with Gasteiger partial charge in [0.2, 0.25) is 0 Å². The summed E-state index contributed by atoms with van der Waals surface area (Å²) in [6.45, 7) is 1.72. The summed E-state index contributed by atoms with van der Waals surface area (Å²) in [5.74, 6) is -0.186. The highest BCUT2D eigenvalue weighted by molar-refractivity contribution is 8.13. The van der Waals surface area contributed by atoms with E-state index < -0.39 is 24.6 Å². The number of carbonyl (C=O) groups is 1. The van der Waals surface area contributed by atoms with Crippen LogP contribution in [0, 0.1) is 10.1 Å². The fraction of sp³-hybridized carbons (Fsp3) is 0.222. The third-order valence-electron chi connectivity index (χ3n) is 1.98. The Kier molecular flexibility index (Phi) is 4.25. The zero-order valence-corrected chi connectivity index (χ0v) is 10.7. The lowest BCUT2D eigenvalue weighted by atomic mass is 10.2. The van der Waals surface area contributed by atoms with Gasteiger partial charge in [-0.1, -0.05) is 0 Å². The molecule has 18 heavy (non-hydrogen) atoms. The zero-order chi connectivity index (χ0) is 13.9. The molecule has 1 aromatic carbocycles. The fourth-order valence-corrected chi connectivity index (χ4v) is 2.32. The van der Waals surface area contributed by atoms with Gasteiger partial charge in [0.25, 0.3) is 9.05 Å². The molecule has 0 spiro atoms. The molecular formula is C9H8ClNO6S. The number of nitrogens with zero attached hydrogens (tertiary/aromatic N) is 1. The second-order valence-corrected chi connectivity index (χ2v) is 5.64. The number of nitro benzene ring substituents is 1. The maximum atomic E-state index is 11.2. The topological polar surface area (TPSA) is 104 Å². The van der Waals surface area contributed by atoms with E-state index >= 15 is 0 Å². The number of nitro groups is 1. The number of ether oxygens (including phenoxy) is 1. The smallest absolute Gasteiger partial charge is 0.312 e. The first kappa shape index (κ1) is 14.4. The number of carbonyl (C=O) groups excluding carboxylic acids is 1. The summed E-state index contributed by atoms with van der Waals surface area (Å²) < 4.78 is 27.4. The van der Waals surface area contributed by atoms with Crippen LogP contribution in [0.1, 0.15) is 17.3 Å². The van der Waals surface area contributed by atoms with E-state index in [1.165, 1.54) is 0 Å². The summed E-state index contributed by atoms with van der Waals surface area (Å²) in [6.07, 6.45) is 0.238. The molecule has 0 saturated carbocycles. The lowest BCUT2D eigenvalue weighted by molar-refractivity contribution is -0.386. The molecule has 0 saturated heterocycles. The van der Waals surface area contributed by atoms with Crippen LogP contribution < -0.4 is 4.74 Å². The molecule has 0 heterocycles. The van der Waals surface area contributed by atoms with Gasteiger partial charge in [-0.05, 0) is 13.0 Å². The molecule has 0 amide bonds. The molecular weight excluding hydrogens is 286 g/mol. The second kappa shape index (κ2) is 5.32. The first-order valence-electron chi connectivity index (χ1n) is 4.66. The van der Waals surface area contributed by atoms with Crippen molar-refractivity contribution in [2.45, 2.75) is 11.8 Å². The Morgan fingerprint density at radius 3 is 2.50 bits per heavy atom. The summed E-state index contributed by atoms with van der Waals surface area (Å²) in [6, 6.07) is 1.68. The minimum atomic E-state index is -4.25. The van der Waals surface area contributed by atoms with Gasteiger partial charge in [-0.3, -0.25) is 14.9 Å². The van der Waals surface area contributed by atoms with E-state index in [0.717, 1.165) is 6.07 Å². The van der Waals surface area contributed by atoms with Gasteiger partial charge < -0.3 is 4.74 Å². The highest BCUT2D eigenvalue weighted by Gasteiger charge is 2.25. The molecule has 98 valence electrons. The number of benzene rings is 1. The zero-order valence-electron chi connectivity index (χ0n) is 9.12. The summed E-state index contributed by atoms with van der Waals surface area (Å²) >= 11 is 0. The van der Waals surface area contributed by atoms with Gasteiger partial charge in [0.1, 0.15) is 0 Å². The molecule has 0 radical (unpaired) electrons. The second-order valence-electron chi connectivity index (χ2n) is 3.10. The van der Waals surface area contributed by atoms with Crippen molar-refractivity contribution in [1.82, 2.24) is 0 Å². The van der Waals surface area contributed by atoms with Gasteiger partial charge in [-0.25, -0.2) is 8.42 Å². The first-order valence-corrected chi connectivity index (χ1v) is 6.97. The predicted molar refractivity (Wildman–Crippen MR) is 62.7 cm³/mol. The Labute approximate surface area is 107 Å². The van der Waals surface area contributed by atoms with Gasteiger partial charge in [-0.15, -0.1) is 0 Å². The van der Waals surface area contributed by atoms with E-state index in [2.05, 4.69) is 0 Å². The predicted octanol–water partition coefficient (Wildman–Crippen LogP) is 1.73. The summed E-state index contributed by atoms with van der Waals surface area (Å²) in [4.78, 5) is 20.1. The molecule has 9 heteroatoms. The van der Waals surface area contributed by atoms with Gasteiger partial charge in [0.15, 0.2) is 12.0 Å². The number of aldehydes is 1. The molecule has 0 unspecified atom stereocenters. The van der Waals surface area contributed by atoms with Crippen LogP contribution in [0.15, 0.2) is 17.0 Å². The third-order valence-corrected chi connectivity index (χ3v) is 3.36. The van der Waals surface area contributed by atoms with Gasteiger partial charge in [-0.2, -0.15) is 0 Å². The maximum Gasteiger partial charge on any atom is 0.312 e. The highest BCUT2D eigenvalue weighted by Crippen LogP contribution is 2.33. The largest absolute Gasteiger partial charge is 0.487 e. The lowest BCUT2D eigenvalue weighted by Crippen LogP contribution is -2.03. The SMILES string of the molecule is CCOc1cc(C=O)c(S(=O)(=O)Cl)cc1[N+](=O)[O-]. The summed E-state index contributed by atoms with van der Waals surface area (Å²) in [5, 5.41) is 10.8. The molecule has 0 N–H and O–H groups in total. The Balaban J connectivity index is 3.61. The van der Waals surface area contributed by atoms with E-state index in [0.29, 0.717) is 6.07 Å². The minimum absolute atomic E-state index is 0.131. The van der Waals surface area contributed by atoms with Gasteiger partial charge in [0, 0.05) is 22.3 Å². The van der Waals surface area contributed by atoms with Crippen molar-refractivity contribution in [3.63, 3.8) is 0 Å². The van der Waals surface area contributed by atoms with Gasteiger partial charge >= 0.3 is 5.69 Å². The average Bonchev–Trinajstić information content (AvgIpc) is 2.27. The molecule has 0 aliphatic heterocycles. The first-order chi connectivity index (χ1) is 8.31. The van der Waals surface area contributed by atoms with E-state index in [1.54, 1.807) is 6.92 Å². The summed E-state index contributed by atoms with van der Waals surface area (Å²) in [5.41, 5.74) is -0.860. The van der Waals surface area contributed by atoms with E-state index in [-0.39, 0.29) is 24.2 Å². The Morgan fingerprint density at radius 2 is 2.11 bits per heavy atom. The maximum absolute atomic E-state index is 11.2. The molecule has 0 fully saturated rings. The Hall–Kier alpha value is -1.67. The van der Waals surface area contributed by atoms with Crippen molar-refractivity contribution >= 4 is 31.7 Å². The van der Waals surface area contributed by atoms with Crippen LogP contribution in [-0.2, 0) is 9.05 Å². The standard InChI is InChI=1S/C9H8ClNO6S/c1-2-17-8-3-6(5-12)9(18(10,15)16)4-7(8)11(13)14/h3-5H,2H2,1H3. The van der Waals surface area contributed by atoms with Crippen LogP contribution in [0.25, 0.3) is 0 Å². The molecule has 1 rings (SSSR count). The quantitative estimate of drug-likeness (QED) is 0.354. The molecule has 1 aromatic rings. The fourth-order valence-electron chi connectivity index (χ4n) is 1.28. The molecule has 0 atom stereocenters. The van der Waals surface area contributed by atoms with Gasteiger partial charge in [0.05, 0.1) is 16.4 Å².